The van der Waals surface area contributed by atoms with Gasteiger partial charge in [-0.1, -0.05) is 74.4 Å². The predicted molar refractivity (Wildman–Crippen MR) is 94.0 cm³/mol. The van der Waals surface area contributed by atoms with Gasteiger partial charge in [-0.05, 0) is 36.0 Å². The molecule has 1 unspecified atom stereocenters. The number of rotatable bonds is 5. The quantitative estimate of drug-likeness (QED) is 0.762. The van der Waals surface area contributed by atoms with Crippen LogP contribution in [0.2, 0.25) is 0 Å². The number of unbranched alkanes of at least 4 members (excludes halogenated alkanes) is 1. The topological polar surface area (TPSA) is 3.24 Å². The maximum atomic E-state index is 2.71. The van der Waals surface area contributed by atoms with Gasteiger partial charge in [-0.3, -0.25) is 4.90 Å². The van der Waals surface area contributed by atoms with Crippen LogP contribution in [0, 0.1) is 0 Å². The summed E-state index contributed by atoms with van der Waals surface area (Å²) in [5.41, 5.74) is 4.56. The molecule has 0 saturated heterocycles. The Morgan fingerprint density at radius 1 is 0.955 bits per heavy atom. The van der Waals surface area contributed by atoms with Gasteiger partial charge in [0.1, 0.15) is 0 Å². The summed E-state index contributed by atoms with van der Waals surface area (Å²) < 4.78 is 0. The zero-order chi connectivity index (χ0) is 15.2. The molecule has 116 valence electrons. The SMILES string of the molecule is CCCCC1Cc2ccccc2CCN1Cc1ccccc1. The van der Waals surface area contributed by atoms with Gasteiger partial charge in [0.2, 0.25) is 0 Å². The van der Waals surface area contributed by atoms with E-state index in [1.807, 2.05) is 0 Å². The Balaban J connectivity index is 1.78. The Morgan fingerprint density at radius 3 is 2.45 bits per heavy atom. The molecule has 1 atom stereocenters. The molecule has 0 saturated carbocycles. The van der Waals surface area contributed by atoms with Crippen molar-refractivity contribution in [1.82, 2.24) is 4.90 Å². The van der Waals surface area contributed by atoms with Crippen LogP contribution in [0.15, 0.2) is 54.6 Å². The van der Waals surface area contributed by atoms with Crippen molar-refractivity contribution < 1.29 is 0 Å². The Morgan fingerprint density at radius 2 is 1.68 bits per heavy atom. The average molecular weight is 293 g/mol. The molecular weight excluding hydrogens is 266 g/mol. The van der Waals surface area contributed by atoms with Crippen LogP contribution in [0.25, 0.3) is 0 Å². The lowest BCUT2D eigenvalue weighted by Crippen LogP contribution is -2.36. The first-order valence-corrected chi connectivity index (χ1v) is 8.71. The third-order valence-corrected chi connectivity index (χ3v) is 4.88. The van der Waals surface area contributed by atoms with Crippen LogP contribution < -0.4 is 0 Å². The van der Waals surface area contributed by atoms with E-state index in [1.165, 1.54) is 44.2 Å². The van der Waals surface area contributed by atoms with E-state index >= 15 is 0 Å². The summed E-state index contributed by atoms with van der Waals surface area (Å²) in [6, 6.07) is 20.7. The summed E-state index contributed by atoms with van der Waals surface area (Å²) in [4.78, 5) is 2.71. The molecule has 1 nitrogen and oxygen atoms in total. The van der Waals surface area contributed by atoms with Crippen LogP contribution in [0.3, 0.4) is 0 Å². The first-order valence-electron chi connectivity index (χ1n) is 8.71. The lowest BCUT2D eigenvalue weighted by atomic mass is 9.97. The Labute approximate surface area is 135 Å². The lowest BCUT2D eigenvalue weighted by molar-refractivity contribution is 0.181. The van der Waals surface area contributed by atoms with E-state index in [-0.39, 0.29) is 0 Å². The van der Waals surface area contributed by atoms with Crippen molar-refractivity contribution in [1.29, 1.82) is 0 Å². The zero-order valence-electron chi connectivity index (χ0n) is 13.7. The van der Waals surface area contributed by atoms with E-state index in [9.17, 15) is 0 Å². The monoisotopic (exact) mass is 293 g/mol. The van der Waals surface area contributed by atoms with Crippen LogP contribution in [0.5, 0.6) is 0 Å². The third-order valence-electron chi connectivity index (χ3n) is 4.88. The van der Waals surface area contributed by atoms with Crippen molar-refractivity contribution in [2.45, 2.75) is 51.6 Å². The number of nitrogens with zero attached hydrogens (tertiary/aromatic N) is 1. The zero-order valence-corrected chi connectivity index (χ0v) is 13.7. The molecule has 3 rings (SSSR count). The molecule has 0 fully saturated rings. The van der Waals surface area contributed by atoms with Gasteiger partial charge in [0, 0.05) is 19.1 Å². The van der Waals surface area contributed by atoms with E-state index in [0.717, 1.165) is 6.54 Å². The molecule has 22 heavy (non-hydrogen) atoms. The highest BCUT2D eigenvalue weighted by molar-refractivity contribution is 5.29. The Kier molecular flexibility index (Phi) is 5.29. The maximum Gasteiger partial charge on any atom is 0.0236 e. The van der Waals surface area contributed by atoms with Crippen LogP contribution in [-0.4, -0.2) is 17.5 Å². The van der Waals surface area contributed by atoms with Gasteiger partial charge in [-0.25, -0.2) is 0 Å². The van der Waals surface area contributed by atoms with Gasteiger partial charge in [0.15, 0.2) is 0 Å². The molecule has 0 N–H and O–H groups in total. The molecule has 1 aliphatic heterocycles. The van der Waals surface area contributed by atoms with Crippen LogP contribution in [0.1, 0.15) is 42.9 Å². The minimum Gasteiger partial charge on any atom is -0.295 e. The van der Waals surface area contributed by atoms with Crippen molar-refractivity contribution in [3.05, 3.63) is 71.3 Å². The fourth-order valence-electron chi connectivity index (χ4n) is 3.58. The van der Waals surface area contributed by atoms with Crippen LogP contribution in [-0.2, 0) is 19.4 Å². The fourth-order valence-corrected chi connectivity index (χ4v) is 3.58. The maximum absolute atomic E-state index is 2.71. The highest BCUT2D eigenvalue weighted by Crippen LogP contribution is 2.24. The van der Waals surface area contributed by atoms with Gasteiger partial charge in [0.25, 0.3) is 0 Å². The molecular formula is C21H27N. The Hall–Kier alpha value is -1.60. The minimum atomic E-state index is 0.684. The van der Waals surface area contributed by atoms with E-state index in [2.05, 4.69) is 66.4 Å². The molecule has 2 aromatic carbocycles. The Bertz CT molecular complexity index is 575. The smallest absolute Gasteiger partial charge is 0.0236 e. The largest absolute Gasteiger partial charge is 0.295 e. The molecule has 0 radical (unpaired) electrons. The molecule has 0 spiro atoms. The summed E-state index contributed by atoms with van der Waals surface area (Å²) in [6.07, 6.45) is 6.34. The van der Waals surface area contributed by atoms with Crippen molar-refractivity contribution >= 4 is 0 Å². The molecule has 0 bridgehead atoms. The van der Waals surface area contributed by atoms with Crippen molar-refractivity contribution in [3.63, 3.8) is 0 Å². The number of fused-ring (bicyclic) bond motifs is 1. The van der Waals surface area contributed by atoms with E-state index in [4.69, 9.17) is 0 Å². The van der Waals surface area contributed by atoms with Crippen molar-refractivity contribution in [2.75, 3.05) is 6.54 Å². The van der Waals surface area contributed by atoms with Gasteiger partial charge in [0.05, 0.1) is 0 Å². The van der Waals surface area contributed by atoms with Crippen molar-refractivity contribution in [3.8, 4) is 0 Å². The standard InChI is InChI=1S/C21H27N/c1-2-3-13-21-16-20-12-8-7-11-19(20)14-15-22(21)17-18-9-5-4-6-10-18/h4-12,21H,2-3,13-17H2,1H3. The van der Waals surface area contributed by atoms with E-state index < -0.39 is 0 Å². The molecule has 0 aromatic heterocycles. The summed E-state index contributed by atoms with van der Waals surface area (Å²) in [5, 5.41) is 0. The lowest BCUT2D eigenvalue weighted by Gasteiger charge is -2.30. The van der Waals surface area contributed by atoms with Gasteiger partial charge in [-0.2, -0.15) is 0 Å². The normalized spacial score (nSPS) is 18.7. The number of benzene rings is 2. The molecule has 0 aliphatic carbocycles. The van der Waals surface area contributed by atoms with E-state index in [0.29, 0.717) is 6.04 Å². The molecule has 1 aliphatic rings. The van der Waals surface area contributed by atoms with E-state index in [1.54, 1.807) is 11.1 Å². The summed E-state index contributed by atoms with van der Waals surface area (Å²) in [5.74, 6) is 0. The molecule has 1 heterocycles. The van der Waals surface area contributed by atoms with Crippen LogP contribution >= 0.6 is 0 Å². The third kappa shape index (κ3) is 3.78. The molecule has 0 amide bonds. The summed E-state index contributed by atoms with van der Waals surface area (Å²) in [7, 11) is 0. The first kappa shape index (κ1) is 15.3. The minimum absolute atomic E-state index is 0.684. The predicted octanol–water partition coefficient (Wildman–Crippen LogP) is 4.85. The number of hydrogen-bond acceptors (Lipinski definition) is 1. The first-order chi connectivity index (χ1) is 10.9. The van der Waals surface area contributed by atoms with Gasteiger partial charge in [-0.15, -0.1) is 0 Å². The van der Waals surface area contributed by atoms with Crippen LogP contribution in [0.4, 0.5) is 0 Å². The van der Waals surface area contributed by atoms with Crippen molar-refractivity contribution in [2.24, 2.45) is 0 Å². The summed E-state index contributed by atoms with van der Waals surface area (Å²) in [6.45, 7) is 4.57. The second-order valence-corrected chi connectivity index (χ2v) is 6.47. The highest BCUT2D eigenvalue weighted by Gasteiger charge is 2.23. The highest BCUT2D eigenvalue weighted by atomic mass is 15.2. The molecule has 1 heteroatoms. The second-order valence-electron chi connectivity index (χ2n) is 6.47. The number of hydrogen-bond donors (Lipinski definition) is 0. The average Bonchev–Trinajstić information content (AvgIpc) is 2.74. The summed E-state index contributed by atoms with van der Waals surface area (Å²) >= 11 is 0. The molecule has 2 aromatic rings. The fraction of sp³-hybridized carbons (Fsp3) is 0.429. The van der Waals surface area contributed by atoms with Gasteiger partial charge < -0.3 is 0 Å². The second kappa shape index (κ2) is 7.60. The van der Waals surface area contributed by atoms with Gasteiger partial charge >= 0.3 is 0 Å².